The van der Waals surface area contributed by atoms with E-state index in [1.165, 1.54) is 29.2 Å². The van der Waals surface area contributed by atoms with Gasteiger partial charge < -0.3 is 0 Å². The summed E-state index contributed by atoms with van der Waals surface area (Å²) in [5.74, 6) is -0.866. The number of sulfonamides is 1. The molecule has 0 spiro atoms. The molecule has 1 aliphatic rings. The lowest BCUT2D eigenvalue weighted by molar-refractivity contribution is -0.126. The molecule has 0 saturated carbocycles. The Hall–Kier alpha value is -3.20. The lowest BCUT2D eigenvalue weighted by atomic mass is 10.1. The molecule has 8 nitrogen and oxygen atoms in total. The average molecular weight is 415 g/mol. The van der Waals surface area contributed by atoms with Gasteiger partial charge in [0.15, 0.2) is 5.78 Å². The monoisotopic (exact) mass is 415 g/mol. The number of Topliss-reactive ketones (excluding diaryl/α,β-unsaturated/α-hetero) is 1. The molecule has 1 heterocycles. The fraction of sp³-hybridized carbons (Fsp3) is 0.250. The highest BCUT2D eigenvalue weighted by atomic mass is 32.2. The lowest BCUT2D eigenvalue weighted by Crippen LogP contribution is -2.37. The number of urea groups is 1. The Kier molecular flexibility index (Phi) is 5.43. The second-order valence-electron chi connectivity index (χ2n) is 6.96. The smallest absolute Gasteiger partial charge is 0.292 e. The standard InChI is InChI=1S/C20H21N3O5S/c1-13-4-10-17(11-5-13)23-14(2)19(25)22(20(23)26)12-18(24)15-6-8-16(9-7-15)21-29(3,27)28/h4-11,14,21H,12H2,1-3H3/t14-/m0/s1. The molecule has 1 fully saturated rings. The van der Waals surface area contributed by atoms with Gasteiger partial charge in [-0.15, -0.1) is 0 Å². The van der Waals surface area contributed by atoms with Crippen molar-refractivity contribution < 1.29 is 22.8 Å². The third kappa shape index (κ3) is 4.45. The topological polar surface area (TPSA) is 104 Å². The van der Waals surface area contributed by atoms with E-state index in [9.17, 15) is 22.8 Å². The number of carbonyl (C=O) groups excluding carboxylic acids is 3. The fourth-order valence-electron chi connectivity index (χ4n) is 3.08. The molecule has 0 aliphatic carbocycles. The van der Waals surface area contributed by atoms with E-state index in [2.05, 4.69) is 4.72 Å². The number of amides is 3. The van der Waals surface area contributed by atoms with Crippen LogP contribution in [0.25, 0.3) is 0 Å². The highest BCUT2D eigenvalue weighted by Crippen LogP contribution is 2.26. The number of hydrogen-bond acceptors (Lipinski definition) is 5. The number of rotatable bonds is 6. The number of aryl methyl sites for hydroxylation is 1. The summed E-state index contributed by atoms with van der Waals surface area (Å²) in [5, 5.41) is 0. The Morgan fingerprint density at radius 1 is 1.03 bits per heavy atom. The molecular weight excluding hydrogens is 394 g/mol. The van der Waals surface area contributed by atoms with Crippen molar-refractivity contribution in [3.05, 3.63) is 59.7 Å². The summed E-state index contributed by atoms with van der Waals surface area (Å²) < 4.78 is 24.8. The van der Waals surface area contributed by atoms with E-state index in [4.69, 9.17) is 0 Å². The van der Waals surface area contributed by atoms with Crippen molar-refractivity contribution in [2.45, 2.75) is 19.9 Å². The Bertz CT molecular complexity index is 1060. The van der Waals surface area contributed by atoms with E-state index in [1.807, 2.05) is 19.1 Å². The number of carbonyl (C=O) groups is 3. The molecule has 3 amide bonds. The Balaban J connectivity index is 1.75. The van der Waals surface area contributed by atoms with Crippen LogP contribution in [0.5, 0.6) is 0 Å². The maximum atomic E-state index is 12.8. The van der Waals surface area contributed by atoms with Crippen LogP contribution in [0.1, 0.15) is 22.8 Å². The van der Waals surface area contributed by atoms with Crippen LogP contribution in [0.4, 0.5) is 16.2 Å². The largest absolute Gasteiger partial charge is 0.332 e. The third-order valence-electron chi connectivity index (χ3n) is 4.57. The van der Waals surface area contributed by atoms with E-state index in [0.717, 1.165) is 16.7 Å². The summed E-state index contributed by atoms with van der Waals surface area (Å²) in [4.78, 5) is 40.3. The predicted molar refractivity (Wildman–Crippen MR) is 109 cm³/mol. The molecular formula is C20H21N3O5S. The van der Waals surface area contributed by atoms with Crippen molar-refractivity contribution >= 4 is 39.1 Å². The minimum absolute atomic E-state index is 0.270. The van der Waals surface area contributed by atoms with Crippen LogP contribution in [0.2, 0.25) is 0 Å². The molecule has 9 heteroatoms. The van der Waals surface area contributed by atoms with Gasteiger partial charge in [-0.2, -0.15) is 0 Å². The van der Waals surface area contributed by atoms with Crippen molar-refractivity contribution in [2.24, 2.45) is 0 Å². The SMILES string of the molecule is Cc1ccc(N2C(=O)N(CC(=O)c3ccc(NS(C)(=O)=O)cc3)C(=O)[C@@H]2C)cc1. The first-order valence-electron chi connectivity index (χ1n) is 8.89. The van der Waals surface area contributed by atoms with Crippen molar-refractivity contribution in [1.29, 1.82) is 0 Å². The molecule has 29 heavy (non-hydrogen) atoms. The Labute approximate surface area is 169 Å². The van der Waals surface area contributed by atoms with Gasteiger partial charge in [-0.05, 0) is 50.2 Å². The summed E-state index contributed by atoms with van der Waals surface area (Å²) in [7, 11) is -3.42. The molecule has 1 N–H and O–H groups in total. The minimum Gasteiger partial charge on any atom is -0.292 e. The van der Waals surface area contributed by atoms with Crippen molar-refractivity contribution in [2.75, 3.05) is 22.4 Å². The summed E-state index contributed by atoms with van der Waals surface area (Å²) in [5.41, 5.74) is 2.20. The second-order valence-corrected chi connectivity index (χ2v) is 8.71. The van der Waals surface area contributed by atoms with Gasteiger partial charge in [0.1, 0.15) is 6.04 Å². The lowest BCUT2D eigenvalue weighted by Gasteiger charge is -2.19. The number of nitrogens with one attached hydrogen (secondary N) is 1. The van der Waals surface area contributed by atoms with E-state index in [0.29, 0.717) is 11.4 Å². The van der Waals surface area contributed by atoms with Gasteiger partial charge in [0, 0.05) is 16.9 Å². The van der Waals surface area contributed by atoms with E-state index < -0.39 is 33.8 Å². The second kappa shape index (κ2) is 7.67. The number of ketones is 1. The number of imide groups is 1. The first-order chi connectivity index (χ1) is 13.6. The van der Waals surface area contributed by atoms with E-state index >= 15 is 0 Å². The summed E-state index contributed by atoms with van der Waals surface area (Å²) in [6, 6.07) is 11.7. The van der Waals surface area contributed by atoms with Crippen LogP contribution in [-0.2, 0) is 14.8 Å². The molecule has 2 aromatic carbocycles. The average Bonchev–Trinajstić information content (AvgIpc) is 2.85. The van der Waals surface area contributed by atoms with Gasteiger partial charge in [0.05, 0.1) is 12.8 Å². The highest BCUT2D eigenvalue weighted by Gasteiger charge is 2.44. The zero-order valence-corrected chi connectivity index (χ0v) is 17.1. The quantitative estimate of drug-likeness (QED) is 0.576. The predicted octanol–water partition coefficient (Wildman–Crippen LogP) is 2.41. The number of anilines is 2. The maximum absolute atomic E-state index is 12.8. The molecule has 0 bridgehead atoms. The molecule has 1 saturated heterocycles. The number of hydrogen-bond donors (Lipinski definition) is 1. The minimum atomic E-state index is -3.42. The van der Waals surface area contributed by atoms with Gasteiger partial charge in [0.25, 0.3) is 5.91 Å². The van der Waals surface area contributed by atoms with Gasteiger partial charge in [-0.25, -0.2) is 13.2 Å². The zero-order valence-electron chi connectivity index (χ0n) is 16.2. The van der Waals surface area contributed by atoms with Crippen molar-refractivity contribution in [3.8, 4) is 0 Å². The molecule has 0 unspecified atom stereocenters. The van der Waals surface area contributed by atoms with Crippen LogP contribution in [-0.4, -0.2) is 49.9 Å². The van der Waals surface area contributed by atoms with E-state index in [1.54, 1.807) is 19.1 Å². The first-order valence-corrected chi connectivity index (χ1v) is 10.8. The summed E-state index contributed by atoms with van der Waals surface area (Å²) >= 11 is 0. The molecule has 0 radical (unpaired) electrons. The first kappa shape index (κ1) is 20.5. The van der Waals surface area contributed by atoms with Crippen LogP contribution in [0, 0.1) is 6.92 Å². The van der Waals surface area contributed by atoms with Gasteiger partial charge in [-0.1, -0.05) is 17.7 Å². The number of nitrogens with zero attached hydrogens (tertiary/aromatic N) is 2. The van der Waals surface area contributed by atoms with Crippen molar-refractivity contribution in [3.63, 3.8) is 0 Å². The zero-order chi connectivity index (χ0) is 21.3. The van der Waals surface area contributed by atoms with Crippen molar-refractivity contribution in [1.82, 2.24) is 4.90 Å². The van der Waals surface area contributed by atoms with Gasteiger partial charge >= 0.3 is 6.03 Å². The highest BCUT2D eigenvalue weighted by molar-refractivity contribution is 7.92. The molecule has 0 aromatic heterocycles. The van der Waals surface area contributed by atoms with Crippen LogP contribution < -0.4 is 9.62 Å². The molecule has 3 rings (SSSR count). The molecule has 1 aliphatic heterocycles. The van der Waals surface area contributed by atoms with Crippen LogP contribution in [0.3, 0.4) is 0 Å². The Morgan fingerprint density at radius 2 is 1.62 bits per heavy atom. The summed E-state index contributed by atoms with van der Waals surface area (Å²) in [6.45, 7) is 3.16. The van der Waals surface area contributed by atoms with Gasteiger partial charge in [-0.3, -0.25) is 24.1 Å². The molecule has 152 valence electrons. The van der Waals surface area contributed by atoms with Crippen LogP contribution in [0.15, 0.2) is 48.5 Å². The normalized spacial score (nSPS) is 17.0. The fourth-order valence-corrected chi connectivity index (χ4v) is 3.65. The third-order valence-corrected chi connectivity index (χ3v) is 5.18. The molecule has 2 aromatic rings. The summed E-state index contributed by atoms with van der Waals surface area (Å²) in [6.07, 6.45) is 1.03. The molecule has 1 atom stereocenters. The Morgan fingerprint density at radius 3 is 2.17 bits per heavy atom. The van der Waals surface area contributed by atoms with Gasteiger partial charge in [0.2, 0.25) is 10.0 Å². The van der Waals surface area contributed by atoms with Crippen LogP contribution >= 0.6 is 0 Å². The van der Waals surface area contributed by atoms with E-state index in [-0.39, 0.29) is 12.1 Å². The maximum Gasteiger partial charge on any atom is 0.332 e. The number of benzene rings is 2.